The van der Waals surface area contributed by atoms with Crippen LogP contribution in [0.4, 0.5) is 5.69 Å². The number of halogens is 1. The first-order valence-corrected chi connectivity index (χ1v) is 4.63. The van der Waals surface area contributed by atoms with E-state index in [4.69, 9.17) is 16.3 Å². The molecule has 0 bridgehead atoms. The van der Waals surface area contributed by atoms with E-state index in [1.807, 2.05) is 0 Å². The Morgan fingerprint density at radius 3 is 2.86 bits per heavy atom. The Hall–Kier alpha value is -1.29. The second-order valence-corrected chi connectivity index (χ2v) is 3.07. The third kappa shape index (κ3) is 2.35. The lowest BCUT2D eigenvalue weighted by Gasteiger charge is -2.06. The Labute approximate surface area is 86.6 Å². The zero-order valence-corrected chi connectivity index (χ0v) is 8.45. The van der Waals surface area contributed by atoms with Crippen molar-refractivity contribution in [2.24, 2.45) is 0 Å². The first-order chi connectivity index (χ1) is 6.66. The van der Waals surface area contributed by atoms with Gasteiger partial charge in [0.15, 0.2) is 0 Å². The predicted octanol–water partition coefficient (Wildman–Crippen LogP) is 2.52. The quantitative estimate of drug-likeness (QED) is 0.441. The molecule has 0 radical (unpaired) electrons. The number of ether oxygens (including phenoxy) is 1. The fourth-order valence-electron chi connectivity index (χ4n) is 1.11. The Balaban J connectivity index is 2.95. The number of nitrogens with zero attached hydrogens (tertiary/aromatic N) is 1. The number of nitro groups is 1. The highest BCUT2D eigenvalue weighted by Crippen LogP contribution is 2.26. The Bertz CT molecular complexity index is 341. The summed E-state index contributed by atoms with van der Waals surface area (Å²) in [6.07, 6.45) is 0. The summed E-state index contributed by atoms with van der Waals surface area (Å²) in [5.41, 5.74) is 0.597. The van der Waals surface area contributed by atoms with Gasteiger partial charge in [-0.05, 0) is 13.0 Å². The SMILES string of the molecule is Cc1c(OCCCl)cccc1[N+](=O)[O-]. The number of benzene rings is 1. The van der Waals surface area contributed by atoms with Crippen molar-refractivity contribution < 1.29 is 9.66 Å². The van der Waals surface area contributed by atoms with Gasteiger partial charge in [0.1, 0.15) is 12.4 Å². The highest BCUT2D eigenvalue weighted by molar-refractivity contribution is 6.18. The van der Waals surface area contributed by atoms with Gasteiger partial charge >= 0.3 is 0 Å². The van der Waals surface area contributed by atoms with E-state index in [1.54, 1.807) is 19.1 Å². The van der Waals surface area contributed by atoms with E-state index in [9.17, 15) is 10.1 Å². The number of hydrogen-bond acceptors (Lipinski definition) is 3. The maximum atomic E-state index is 10.6. The Morgan fingerprint density at radius 2 is 2.29 bits per heavy atom. The van der Waals surface area contributed by atoms with Crippen LogP contribution in [-0.2, 0) is 0 Å². The molecule has 0 aliphatic heterocycles. The van der Waals surface area contributed by atoms with Gasteiger partial charge in [-0.15, -0.1) is 11.6 Å². The average Bonchev–Trinajstić information content (AvgIpc) is 2.16. The molecule has 0 spiro atoms. The van der Waals surface area contributed by atoms with Gasteiger partial charge in [-0.2, -0.15) is 0 Å². The molecule has 0 aliphatic carbocycles. The third-order valence-corrected chi connectivity index (χ3v) is 1.94. The molecule has 0 aliphatic rings. The van der Waals surface area contributed by atoms with E-state index in [0.717, 1.165) is 0 Å². The fourth-order valence-corrected chi connectivity index (χ4v) is 1.18. The molecule has 0 saturated heterocycles. The lowest BCUT2D eigenvalue weighted by molar-refractivity contribution is -0.385. The van der Waals surface area contributed by atoms with Gasteiger partial charge in [0, 0.05) is 6.07 Å². The molecule has 1 rings (SSSR count). The highest BCUT2D eigenvalue weighted by Gasteiger charge is 2.13. The van der Waals surface area contributed by atoms with Crippen LogP contribution in [0.15, 0.2) is 18.2 Å². The molecule has 76 valence electrons. The third-order valence-electron chi connectivity index (χ3n) is 1.79. The zero-order valence-electron chi connectivity index (χ0n) is 7.70. The van der Waals surface area contributed by atoms with E-state index in [-0.39, 0.29) is 5.69 Å². The maximum absolute atomic E-state index is 10.6. The summed E-state index contributed by atoms with van der Waals surface area (Å²) in [5, 5.41) is 10.6. The minimum atomic E-state index is -0.428. The van der Waals surface area contributed by atoms with Crippen LogP contribution in [0.1, 0.15) is 5.56 Å². The van der Waals surface area contributed by atoms with Gasteiger partial charge in [0.2, 0.25) is 0 Å². The summed E-state index contributed by atoms with van der Waals surface area (Å²) in [6.45, 7) is 2.01. The second kappa shape index (κ2) is 4.81. The smallest absolute Gasteiger partial charge is 0.276 e. The number of alkyl halides is 1. The van der Waals surface area contributed by atoms with E-state index in [1.165, 1.54) is 6.07 Å². The topological polar surface area (TPSA) is 52.4 Å². The van der Waals surface area contributed by atoms with Crippen LogP contribution in [-0.4, -0.2) is 17.4 Å². The Morgan fingerprint density at radius 1 is 1.57 bits per heavy atom. The fraction of sp³-hybridized carbons (Fsp3) is 0.333. The van der Waals surface area contributed by atoms with Crippen LogP contribution < -0.4 is 4.74 Å². The molecule has 0 heterocycles. The van der Waals surface area contributed by atoms with Crippen LogP contribution in [0.5, 0.6) is 5.75 Å². The predicted molar refractivity (Wildman–Crippen MR) is 54.0 cm³/mol. The lowest BCUT2D eigenvalue weighted by Crippen LogP contribution is -2.01. The summed E-state index contributed by atoms with van der Waals surface area (Å²) >= 11 is 5.45. The van der Waals surface area contributed by atoms with Gasteiger partial charge < -0.3 is 4.74 Å². The molecule has 14 heavy (non-hydrogen) atoms. The first kappa shape index (κ1) is 10.8. The van der Waals surface area contributed by atoms with Crippen LogP contribution in [0.2, 0.25) is 0 Å². The summed E-state index contributed by atoms with van der Waals surface area (Å²) < 4.78 is 5.24. The molecule has 1 aromatic carbocycles. The van der Waals surface area contributed by atoms with Crippen molar-refractivity contribution in [3.05, 3.63) is 33.9 Å². The van der Waals surface area contributed by atoms with Crippen molar-refractivity contribution in [2.75, 3.05) is 12.5 Å². The van der Waals surface area contributed by atoms with E-state index < -0.39 is 4.92 Å². The number of hydrogen-bond donors (Lipinski definition) is 0. The molecule has 1 aromatic rings. The van der Waals surface area contributed by atoms with Crippen molar-refractivity contribution in [3.63, 3.8) is 0 Å². The van der Waals surface area contributed by atoms with E-state index in [2.05, 4.69) is 0 Å². The van der Waals surface area contributed by atoms with Gasteiger partial charge in [-0.1, -0.05) is 6.07 Å². The first-order valence-electron chi connectivity index (χ1n) is 4.09. The molecule has 5 heteroatoms. The summed E-state index contributed by atoms with van der Waals surface area (Å²) in [7, 11) is 0. The number of rotatable bonds is 4. The van der Waals surface area contributed by atoms with Crippen LogP contribution in [0.3, 0.4) is 0 Å². The summed E-state index contributed by atoms with van der Waals surface area (Å²) in [5.74, 6) is 0.877. The normalized spacial score (nSPS) is 9.86. The highest BCUT2D eigenvalue weighted by atomic mass is 35.5. The van der Waals surface area contributed by atoms with Gasteiger partial charge in [-0.25, -0.2) is 0 Å². The van der Waals surface area contributed by atoms with Crippen molar-refractivity contribution >= 4 is 17.3 Å². The van der Waals surface area contributed by atoms with Crippen molar-refractivity contribution in [1.29, 1.82) is 0 Å². The standard InChI is InChI=1S/C9H10ClNO3/c1-7-8(11(12)13)3-2-4-9(7)14-6-5-10/h2-4H,5-6H2,1H3. The van der Waals surface area contributed by atoms with Gasteiger partial charge in [0.25, 0.3) is 5.69 Å². The average molecular weight is 216 g/mol. The van der Waals surface area contributed by atoms with Gasteiger partial charge in [-0.3, -0.25) is 10.1 Å². The van der Waals surface area contributed by atoms with Crippen LogP contribution in [0.25, 0.3) is 0 Å². The Kier molecular flexibility index (Phi) is 3.71. The van der Waals surface area contributed by atoms with Crippen molar-refractivity contribution in [2.45, 2.75) is 6.92 Å². The second-order valence-electron chi connectivity index (χ2n) is 2.69. The molecule has 0 aromatic heterocycles. The summed E-state index contributed by atoms with van der Waals surface area (Å²) in [6, 6.07) is 4.73. The minimum Gasteiger partial charge on any atom is -0.492 e. The maximum Gasteiger partial charge on any atom is 0.276 e. The molecule has 0 atom stereocenters. The molecule has 0 N–H and O–H groups in total. The van der Waals surface area contributed by atoms with Crippen molar-refractivity contribution in [3.8, 4) is 5.75 Å². The van der Waals surface area contributed by atoms with Gasteiger partial charge in [0.05, 0.1) is 16.4 Å². The minimum absolute atomic E-state index is 0.0667. The molecular weight excluding hydrogens is 206 g/mol. The molecule has 0 unspecified atom stereocenters. The lowest BCUT2D eigenvalue weighted by atomic mass is 10.2. The molecular formula is C9H10ClNO3. The van der Waals surface area contributed by atoms with Crippen molar-refractivity contribution in [1.82, 2.24) is 0 Å². The van der Waals surface area contributed by atoms with Crippen LogP contribution >= 0.6 is 11.6 Å². The molecule has 0 saturated carbocycles. The largest absolute Gasteiger partial charge is 0.492 e. The zero-order chi connectivity index (χ0) is 10.6. The molecule has 0 fully saturated rings. The monoisotopic (exact) mass is 215 g/mol. The molecule has 4 nitrogen and oxygen atoms in total. The number of nitro benzene ring substituents is 1. The van der Waals surface area contributed by atoms with Crippen LogP contribution in [0, 0.1) is 17.0 Å². The molecule has 0 amide bonds. The van der Waals surface area contributed by atoms with E-state index >= 15 is 0 Å². The summed E-state index contributed by atoms with van der Waals surface area (Å²) in [4.78, 5) is 10.1. The van der Waals surface area contributed by atoms with E-state index in [0.29, 0.717) is 23.8 Å².